The second-order valence-corrected chi connectivity index (χ2v) is 5.36. The van der Waals surface area contributed by atoms with E-state index in [0.717, 1.165) is 43.3 Å². The molecule has 3 rings (SSSR count). The molecule has 3 nitrogen and oxygen atoms in total. The zero-order valence-electron chi connectivity index (χ0n) is 9.58. The van der Waals surface area contributed by atoms with Crippen LogP contribution in [0.15, 0.2) is 4.99 Å². The highest BCUT2D eigenvalue weighted by molar-refractivity contribution is 5.81. The SMILES string of the molecule is CN1CCN=C1NC[C@@H]1C[C@H]1C1CCC1. The molecule has 0 unspecified atom stereocenters. The Labute approximate surface area is 91.9 Å². The van der Waals surface area contributed by atoms with Crippen molar-refractivity contribution in [2.75, 3.05) is 26.7 Å². The highest BCUT2D eigenvalue weighted by atomic mass is 15.3. The van der Waals surface area contributed by atoms with Crippen molar-refractivity contribution >= 4 is 5.96 Å². The first-order chi connectivity index (χ1) is 7.34. The molecular weight excluding hydrogens is 186 g/mol. The number of rotatable bonds is 3. The third kappa shape index (κ3) is 1.84. The molecule has 0 radical (unpaired) electrons. The van der Waals surface area contributed by atoms with Crippen LogP contribution in [0.3, 0.4) is 0 Å². The Hall–Kier alpha value is -0.730. The Kier molecular flexibility index (Phi) is 2.33. The monoisotopic (exact) mass is 207 g/mol. The second kappa shape index (κ2) is 3.69. The van der Waals surface area contributed by atoms with Gasteiger partial charge in [-0.15, -0.1) is 0 Å². The molecule has 3 heteroatoms. The van der Waals surface area contributed by atoms with E-state index in [1.54, 1.807) is 0 Å². The van der Waals surface area contributed by atoms with E-state index in [1.807, 2.05) is 0 Å². The van der Waals surface area contributed by atoms with Gasteiger partial charge in [0.05, 0.1) is 6.54 Å². The third-order valence-corrected chi connectivity index (χ3v) is 4.31. The van der Waals surface area contributed by atoms with Crippen LogP contribution in [0.2, 0.25) is 0 Å². The maximum absolute atomic E-state index is 4.45. The quantitative estimate of drug-likeness (QED) is 0.755. The Morgan fingerprint density at radius 2 is 2.33 bits per heavy atom. The van der Waals surface area contributed by atoms with Gasteiger partial charge in [-0.1, -0.05) is 19.3 Å². The number of hydrogen-bond donors (Lipinski definition) is 1. The average Bonchev–Trinajstić information content (AvgIpc) is 2.75. The highest BCUT2D eigenvalue weighted by Gasteiger charge is 2.44. The molecule has 2 atom stereocenters. The molecule has 0 aromatic carbocycles. The van der Waals surface area contributed by atoms with Crippen LogP contribution in [0.25, 0.3) is 0 Å². The standard InChI is InChI=1S/C12H21N3/c1-15-6-5-13-12(15)14-8-10-7-11(10)9-3-2-4-9/h9-11H,2-8H2,1H3,(H,13,14)/t10-,11-/m0/s1. The first-order valence-corrected chi connectivity index (χ1v) is 6.34. The minimum absolute atomic E-state index is 0.951. The topological polar surface area (TPSA) is 27.6 Å². The number of aliphatic imine (C=N–C) groups is 1. The Bertz CT molecular complexity index is 270. The molecule has 84 valence electrons. The van der Waals surface area contributed by atoms with Crippen LogP contribution < -0.4 is 5.32 Å². The van der Waals surface area contributed by atoms with Gasteiger partial charge >= 0.3 is 0 Å². The minimum atomic E-state index is 0.951. The number of guanidine groups is 1. The molecule has 0 aromatic heterocycles. The molecule has 2 saturated carbocycles. The molecule has 0 spiro atoms. The lowest BCUT2D eigenvalue weighted by atomic mass is 9.81. The van der Waals surface area contributed by atoms with E-state index in [2.05, 4.69) is 22.3 Å². The smallest absolute Gasteiger partial charge is 0.193 e. The molecule has 2 aliphatic carbocycles. The molecule has 1 heterocycles. The fraction of sp³-hybridized carbons (Fsp3) is 0.917. The summed E-state index contributed by atoms with van der Waals surface area (Å²) in [4.78, 5) is 6.67. The zero-order chi connectivity index (χ0) is 10.3. The number of nitrogens with zero attached hydrogens (tertiary/aromatic N) is 2. The lowest BCUT2D eigenvalue weighted by Crippen LogP contribution is -2.37. The van der Waals surface area contributed by atoms with E-state index in [9.17, 15) is 0 Å². The molecule has 0 aromatic rings. The maximum atomic E-state index is 4.45. The van der Waals surface area contributed by atoms with Crippen LogP contribution in [0.5, 0.6) is 0 Å². The first kappa shape index (κ1) is 9.49. The van der Waals surface area contributed by atoms with Gasteiger partial charge in [-0.3, -0.25) is 4.99 Å². The van der Waals surface area contributed by atoms with Gasteiger partial charge in [0.25, 0.3) is 0 Å². The van der Waals surface area contributed by atoms with Crippen molar-refractivity contribution in [3.8, 4) is 0 Å². The minimum Gasteiger partial charge on any atom is -0.356 e. The van der Waals surface area contributed by atoms with Crippen molar-refractivity contribution in [3.63, 3.8) is 0 Å². The lowest BCUT2D eigenvalue weighted by Gasteiger charge is -2.25. The summed E-state index contributed by atoms with van der Waals surface area (Å²) in [6.45, 7) is 3.21. The summed E-state index contributed by atoms with van der Waals surface area (Å²) in [5, 5.41) is 3.50. The van der Waals surface area contributed by atoms with Crippen LogP contribution in [0, 0.1) is 17.8 Å². The number of hydrogen-bond acceptors (Lipinski definition) is 3. The fourth-order valence-corrected chi connectivity index (χ4v) is 2.90. The van der Waals surface area contributed by atoms with Crippen molar-refractivity contribution in [1.82, 2.24) is 10.2 Å². The van der Waals surface area contributed by atoms with E-state index in [1.165, 1.54) is 25.7 Å². The summed E-state index contributed by atoms with van der Waals surface area (Å²) >= 11 is 0. The molecule has 3 aliphatic rings. The van der Waals surface area contributed by atoms with E-state index in [-0.39, 0.29) is 0 Å². The van der Waals surface area contributed by atoms with Crippen LogP contribution >= 0.6 is 0 Å². The van der Waals surface area contributed by atoms with E-state index in [0.29, 0.717) is 0 Å². The van der Waals surface area contributed by atoms with Gasteiger partial charge in [0.2, 0.25) is 0 Å². The van der Waals surface area contributed by atoms with Crippen molar-refractivity contribution in [2.45, 2.75) is 25.7 Å². The summed E-state index contributed by atoms with van der Waals surface area (Å²) in [5.74, 6) is 4.21. The molecule has 1 aliphatic heterocycles. The van der Waals surface area contributed by atoms with Gasteiger partial charge in [0.1, 0.15) is 0 Å². The first-order valence-electron chi connectivity index (χ1n) is 6.34. The van der Waals surface area contributed by atoms with Crippen LogP contribution in [0.4, 0.5) is 0 Å². The average molecular weight is 207 g/mol. The van der Waals surface area contributed by atoms with Crippen LogP contribution in [-0.2, 0) is 0 Å². The highest BCUT2D eigenvalue weighted by Crippen LogP contribution is 2.51. The van der Waals surface area contributed by atoms with Crippen molar-refractivity contribution in [2.24, 2.45) is 22.7 Å². The third-order valence-electron chi connectivity index (χ3n) is 4.31. The summed E-state index contributed by atoms with van der Waals surface area (Å²) < 4.78 is 0. The van der Waals surface area contributed by atoms with Crippen LogP contribution in [-0.4, -0.2) is 37.5 Å². The van der Waals surface area contributed by atoms with Gasteiger partial charge in [0, 0.05) is 20.1 Å². The predicted octanol–water partition coefficient (Wildman–Crippen LogP) is 1.31. The van der Waals surface area contributed by atoms with Gasteiger partial charge < -0.3 is 10.2 Å². The zero-order valence-corrected chi connectivity index (χ0v) is 9.58. The van der Waals surface area contributed by atoms with E-state index < -0.39 is 0 Å². The lowest BCUT2D eigenvalue weighted by molar-refractivity contribution is 0.265. The molecule has 15 heavy (non-hydrogen) atoms. The second-order valence-electron chi connectivity index (χ2n) is 5.36. The normalized spacial score (nSPS) is 35.0. The van der Waals surface area contributed by atoms with Gasteiger partial charge in [-0.2, -0.15) is 0 Å². The molecule has 1 N–H and O–H groups in total. The summed E-state index contributed by atoms with van der Waals surface area (Å²) in [7, 11) is 2.12. The molecule has 0 bridgehead atoms. The van der Waals surface area contributed by atoms with Gasteiger partial charge in [-0.25, -0.2) is 0 Å². The fourth-order valence-electron chi connectivity index (χ4n) is 2.90. The Morgan fingerprint density at radius 1 is 1.47 bits per heavy atom. The molecule has 2 fully saturated rings. The summed E-state index contributed by atoms with van der Waals surface area (Å²) in [6.07, 6.45) is 5.95. The Morgan fingerprint density at radius 3 is 2.93 bits per heavy atom. The summed E-state index contributed by atoms with van der Waals surface area (Å²) in [6, 6.07) is 0. The molecule has 0 amide bonds. The largest absolute Gasteiger partial charge is 0.356 e. The van der Waals surface area contributed by atoms with E-state index in [4.69, 9.17) is 0 Å². The van der Waals surface area contributed by atoms with Crippen molar-refractivity contribution in [1.29, 1.82) is 0 Å². The van der Waals surface area contributed by atoms with E-state index >= 15 is 0 Å². The number of likely N-dealkylation sites (N-methyl/N-ethyl adjacent to an activating group) is 1. The van der Waals surface area contributed by atoms with Gasteiger partial charge in [0.15, 0.2) is 5.96 Å². The Balaban J connectivity index is 1.40. The molecule has 0 saturated heterocycles. The van der Waals surface area contributed by atoms with Gasteiger partial charge in [-0.05, 0) is 24.2 Å². The van der Waals surface area contributed by atoms with Crippen LogP contribution in [0.1, 0.15) is 25.7 Å². The number of nitrogens with one attached hydrogen (secondary N) is 1. The summed E-state index contributed by atoms with van der Waals surface area (Å²) in [5.41, 5.74) is 0. The molecular formula is C12H21N3. The predicted molar refractivity (Wildman–Crippen MR) is 61.9 cm³/mol. The van der Waals surface area contributed by atoms with Crippen molar-refractivity contribution < 1.29 is 0 Å². The van der Waals surface area contributed by atoms with Crippen molar-refractivity contribution in [3.05, 3.63) is 0 Å². The maximum Gasteiger partial charge on any atom is 0.193 e.